The van der Waals surface area contributed by atoms with Gasteiger partial charge in [0.2, 0.25) is 0 Å². The van der Waals surface area contributed by atoms with Crippen molar-refractivity contribution in [1.82, 2.24) is 5.32 Å². The molecule has 1 fully saturated rings. The lowest BCUT2D eigenvalue weighted by Crippen LogP contribution is -2.36. The fourth-order valence-electron chi connectivity index (χ4n) is 3.42. The van der Waals surface area contributed by atoms with Gasteiger partial charge in [0.1, 0.15) is 0 Å². The zero-order chi connectivity index (χ0) is 11.4. The highest BCUT2D eigenvalue weighted by Gasteiger charge is 2.34. The summed E-state index contributed by atoms with van der Waals surface area (Å²) < 4.78 is 0. The topological polar surface area (TPSA) is 24.4 Å². The number of amidine groups is 1. The summed E-state index contributed by atoms with van der Waals surface area (Å²) in [4.78, 5) is 4.51. The summed E-state index contributed by atoms with van der Waals surface area (Å²) in [6.45, 7) is 6.92. The summed E-state index contributed by atoms with van der Waals surface area (Å²) in [7, 11) is 0. The normalized spacial score (nSPS) is 23.8. The molecule has 2 rings (SSSR count). The first-order valence-corrected chi connectivity index (χ1v) is 6.97. The second-order valence-corrected chi connectivity index (χ2v) is 6.09. The van der Waals surface area contributed by atoms with E-state index in [0.717, 1.165) is 12.5 Å². The molecule has 2 aliphatic rings. The van der Waals surface area contributed by atoms with E-state index in [1.165, 1.54) is 57.3 Å². The number of aliphatic imine (C=N–C) groups is 1. The Kier molecular flexibility index (Phi) is 3.88. The van der Waals surface area contributed by atoms with Crippen LogP contribution in [0.4, 0.5) is 0 Å². The molecule has 0 bridgehead atoms. The maximum absolute atomic E-state index is 4.51. The van der Waals surface area contributed by atoms with Crippen LogP contribution in [0.1, 0.15) is 58.8 Å². The van der Waals surface area contributed by atoms with Crippen molar-refractivity contribution in [1.29, 1.82) is 0 Å². The van der Waals surface area contributed by atoms with Crippen molar-refractivity contribution in [2.24, 2.45) is 16.3 Å². The van der Waals surface area contributed by atoms with Crippen LogP contribution in [0.2, 0.25) is 0 Å². The molecule has 2 heteroatoms. The number of rotatable bonds is 4. The second kappa shape index (κ2) is 5.20. The van der Waals surface area contributed by atoms with Crippen molar-refractivity contribution >= 4 is 5.84 Å². The highest BCUT2D eigenvalue weighted by molar-refractivity contribution is 5.83. The molecule has 2 nitrogen and oxygen atoms in total. The van der Waals surface area contributed by atoms with Crippen LogP contribution in [0.15, 0.2) is 4.99 Å². The van der Waals surface area contributed by atoms with Crippen LogP contribution in [0.25, 0.3) is 0 Å². The van der Waals surface area contributed by atoms with E-state index in [4.69, 9.17) is 0 Å². The monoisotopic (exact) mass is 222 g/mol. The van der Waals surface area contributed by atoms with E-state index in [9.17, 15) is 0 Å². The van der Waals surface area contributed by atoms with Gasteiger partial charge in [0, 0.05) is 19.5 Å². The minimum atomic E-state index is 0.583. The van der Waals surface area contributed by atoms with Crippen molar-refractivity contribution in [3.8, 4) is 0 Å². The maximum atomic E-state index is 4.51. The molecule has 0 aromatic heterocycles. The quantitative estimate of drug-likeness (QED) is 0.775. The van der Waals surface area contributed by atoms with Gasteiger partial charge in [-0.3, -0.25) is 4.99 Å². The third-order valence-electron chi connectivity index (χ3n) is 4.05. The van der Waals surface area contributed by atoms with Crippen LogP contribution < -0.4 is 5.32 Å². The largest absolute Gasteiger partial charge is 0.373 e. The Bertz CT molecular complexity index is 249. The molecule has 1 aliphatic carbocycles. The first kappa shape index (κ1) is 11.9. The fourth-order valence-corrected chi connectivity index (χ4v) is 3.42. The van der Waals surface area contributed by atoms with E-state index >= 15 is 0 Å². The number of hydrogen-bond donors (Lipinski definition) is 1. The molecule has 0 amide bonds. The van der Waals surface area contributed by atoms with Crippen molar-refractivity contribution in [2.45, 2.75) is 58.8 Å². The molecule has 1 saturated carbocycles. The molecule has 0 aromatic carbocycles. The Hall–Kier alpha value is -0.530. The molecule has 0 unspecified atom stereocenters. The molecule has 0 atom stereocenters. The molecule has 1 aliphatic heterocycles. The number of hydrogen-bond acceptors (Lipinski definition) is 2. The van der Waals surface area contributed by atoms with Crippen LogP contribution in [-0.4, -0.2) is 18.9 Å². The summed E-state index contributed by atoms with van der Waals surface area (Å²) in [5.74, 6) is 2.10. The van der Waals surface area contributed by atoms with E-state index < -0.39 is 0 Å². The van der Waals surface area contributed by atoms with Gasteiger partial charge in [0.05, 0.1) is 5.84 Å². The van der Waals surface area contributed by atoms with Crippen molar-refractivity contribution in [3.63, 3.8) is 0 Å². The molecule has 0 aromatic rings. The SMILES string of the molecule is CC(C)CC1(CNC2=NCCC2)CCCC1. The Labute approximate surface area is 99.9 Å². The van der Waals surface area contributed by atoms with E-state index in [2.05, 4.69) is 24.2 Å². The Morgan fingerprint density at radius 3 is 2.56 bits per heavy atom. The van der Waals surface area contributed by atoms with Crippen molar-refractivity contribution < 1.29 is 0 Å². The molecule has 16 heavy (non-hydrogen) atoms. The minimum Gasteiger partial charge on any atom is -0.373 e. The molecule has 0 saturated heterocycles. The van der Waals surface area contributed by atoms with Crippen molar-refractivity contribution in [3.05, 3.63) is 0 Å². The zero-order valence-electron chi connectivity index (χ0n) is 10.9. The summed E-state index contributed by atoms with van der Waals surface area (Å²) in [6, 6.07) is 0. The van der Waals surface area contributed by atoms with Crippen LogP contribution in [-0.2, 0) is 0 Å². The average molecular weight is 222 g/mol. The van der Waals surface area contributed by atoms with Gasteiger partial charge in [-0.05, 0) is 37.0 Å². The zero-order valence-corrected chi connectivity index (χ0v) is 10.9. The molecule has 1 N–H and O–H groups in total. The Balaban J connectivity index is 1.86. The van der Waals surface area contributed by atoms with E-state index in [1.807, 2.05) is 0 Å². The van der Waals surface area contributed by atoms with Gasteiger partial charge in [0.25, 0.3) is 0 Å². The lowest BCUT2D eigenvalue weighted by molar-refractivity contribution is 0.235. The molecule has 1 heterocycles. The number of nitrogens with one attached hydrogen (secondary N) is 1. The van der Waals surface area contributed by atoms with Gasteiger partial charge < -0.3 is 5.32 Å². The van der Waals surface area contributed by atoms with Crippen LogP contribution >= 0.6 is 0 Å². The van der Waals surface area contributed by atoms with Crippen LogP contribution in [0.5, 0.6) is 0 Å². The lowest BCUT2D eigenvalue weighted by Gasteiger charge is -2.31. The van der Waals surface area contributed by atoms with E-state index in [1.54, 1.807) is 0 Å². The van der Waals surface area contributed by atoms with E-state index in [0.29, 0.717) is 5.41 Å². The third-order valence-corrected chi connectivity index (χ3v) is 4.05. The summed E-state index contributed by atoms with van der Waals surface area (Å²) in [5.41, 5.74) is 0.583. The van der Waals surface area contributed by atoms with Gasteiger partial charge in [-0.25, -0.2) is 0 Å². The standard InChI is InChI=1S/C14H26N2/c1-12(2)10-14(7-3-4-8-14)11-16-13-6-5-9-15-13/h12H,3-11H2,1-2H3,(H,15,16). The fraction of sp³-hybridized carbons (Fsp3) is 0.929. The van der Waals surface area contributed by atoms with E-state index in [-0.39, 0.29) is 0 Å². The molecular weight excluding hydrogens is 196 g/mol. The molecule has 0 spiro atoms. The third kappa shape index (κ3) is 2.99. The van der Waals surface area contributed by atoms with Gasteiger partial charge in [-0.15, -0.1) is 0 Å². The smallest absolute Gasteiger partial charge is 0.0963 e. The Morgan fingerprint density at radius 1 is 1.25 bits per heavy atom. The maximum Gasteiger partial charge on any atom is 0.0963 e. The molecular formula is C14H26N2. The predicted octanol–water partition coefficient (Wildman–Crippen LogP) is 3.37. The highest BCUT2D eigenvalue weighted by Crippen LogP contribution is 2.42. The first-order valence-electron chi connectivity index (χ1n) is 6.97. The highest BCUT2D eigenvalue weighted by atomic mass is 15.0. The van der Waals surface area contributed by atoms with Crippen LogP contribution in [0, 0.1) is 11.3 Å². The average Bonchev–Trinajstić information content (AvgIpc) is 2.84. The minimum absolute atomic E-state index is 0.583. The van der Waals surface area contributed by atoms with Crippen LogP contribution in [0.3, 0.4) is 0 Å². The molecule has 0 radical (unpaired) electrons. The van der Waals surface area contributed by atoms with Gasteiger partial charge in [-0.2, -0.15) is 0 Å². The van der Waals surface area contributed by atoms with Gasteiger partial charge >= 0.3 is 0 Å². The summed E-state index contributed by atoms with van der Waals surface area (Å²) in [5, 5.41) is 3.62. The summed E-state index contributed by atoms with van der Waals surface area (Å²) >= 11 is 0. The molecule has 92 valence electrons. The number of nitrogens with zero attached hydrogens (tertiary/aromatic N) is 1. The lowest BCUT2D eigenvalue weighted by atomic mass is 9.78. The first-order chi connectivity index (χ1) is 7.70. The van der Waals surface area contributed by atoms with Gasteiger partial charge in [-0.1, -0.05) is 26.7 Å². The predicted molar refractivity (Wildman–Crippen MR) is 69.9 cm³/mol. The van der Waals surface area contributed by atoms with Crippen molar-refractivity contribution in [2.75, 3.05) is 13.1 Å². The van der Waals surface area contributed by atoms with Gasteiger partial charge in [0.15, 0.2) is 0 Å². The second-order valence-electron chi connectivity index (χ2n) is 6.09. The Morgan fingerprint density at radius 2 is 2.00 bits per heavy atom. The summed E-state index contributed by atoms with van der Waals surface area (Å²) in [6.07, 6.45) is 9.52.